The predicted octanol–water partition coefficient (Wildman–Crippen LogP) is 1.90. The molecule has 4 N–H and O–H groups in total. The first-order valence-electron chi connectivity index (χ1n) is 11.0. The third-order valence-corrected chi connectivity index (χ3v) is 4.52. The van der Waals surface area contributed by atoms with Gasteiger partial charge in [-0.25, -0.2) is 4.79 Å². The quantitative estimate of drug-likeness (QED) is 0.286. The van der Waals surface area contributed by atoms with Crippen LogP contribution in [-0.4, -0.2) is 53.5 Å². The van der Waals surface area contributed by atoms with Crippen molar-refractivity contribution in [1.29, 1.82) is 0 Å². The van der Waals surface area contributed by atoms with Crippen LogP contribution in [0.3, 0.4) is 0 Å². The molecule has 192 valence electrons. The summed E-state index contributed by atoms with van der Waals surface area (Å²) in [7, 11) is 0. The first kappa shape index (κ1) is 27.8. The molecular weight excluding hydrogens is 470 g/mol. The monoisotopic (exact) mass is 499 g/mol. The Labute approximate surface area is 207 Å². The Morgan fingerprint density at radius 2 is 1.53 bits per heavy atom. The van der Waals surface area contributed by atoms with Gasteiger partial charge >= 0.3 is 6.09 Å². The van der Waals surface area contributed by atoms with E-state index in [2.05, 4.69) is 21.3 Å². The average Bonchev–Trinajstić information content (AvgIpc) is 2.81. The van der Waals surface area contributed by atoms with E-state index in [4.69, 9.17) is 4.74 Å². The van der Waals surface area contributed by atoms with Crippen LogP contribution in [0, 0.1) is 10.1 Å². The SMILES string of the molecule is CC(C)(C)OC(=O)NCC(=O)NCC(=O)N[C@@H](Cc1ccccc1)C(=O)Nc1ccc([N+](=O)[O-])cc1. The van der Waals surface area contributed by atoms with Crippen LogP contribution in [0.4, 0.5) is 16.2 Å². The van der Waals surface area contributed by atoms with E-state index in [1.165, 1.54) is 24.3 Å². The smallest absolute Gasteiger partial charge is 0.408 e. The standard InChI is InChI=1S/C24H29N5O7/c1-24(2,3)36-23(33)26-14-20(30)25-15-21(31)28-19(13-16-7-5-4-6-8-16)22(32)27-17-9-11-18(12-10-17)29(34)35/h4-12,19H,13-15H2,1-3H3,(H,25,30)(H,26,33)(H,27,32)(H,28,31)/t19-/m0/s1. The topological polar surface area (TPSA) is 169 Å². The summed E-state index contributed by atoms with van der Waals surface area (Å²) < 4.78 is 5.03. The minimum absolute atomic E-state index is 0.126. The molecule has 12 nitrogen and oxygen atoms in total. The number of amides is 4. The van der Waals surface area contributed by atoms with Crippen molar-refractivity contribution in [2.45, 2.75) is 38.8 Å². The number of nitro benzene ring substituents is 1. The minimum Gasteiger partial charge on any atom is -0.444 e. The third kappa shape index (κ3) is 10.2. The van der Waals surface area contributed by atoms with E-state index in [-0.39, 0.29) is 12.1 Å². The maximum Gasteiger partial charge on any atom is 0.408 e. The fourth-order valence-electron chi connectivity index (χ4n) is 2.91. The molecule has 2 rings (SSSR count). The summed E-state index contributed by atoms with van der Waals surface area (Å²) >= 11 is 0. The summed E-state index contributed by atoms with van der Waals surface area (Å²) in [5.74, 6) is -1.79. The second kappa shape index (κ2) is 12.8. The molecule has 0 spiro atoms. The van der Waals surface area contributed by atoms with Gasteiger partial charge in [0, 0.05) is 24.2 Å². The first-order chi connectivity index (χ1) is 16.9. The van der Waals surface area contributed by atoms with Gasteiger partial charge < -0.3 is 26.0 Å². The molecule has 0 aliphatic carbocycles. The normalized spacial score (nSPS) is 11.5. The molecule has 0 radical (unpaired) electrons. The van der Waals surface area contributed by atoms with Crippen LogP contribution in [-0.2, 0) is 25.5 Å². The number of nitrogens with zero attached hydrogens (tertiary/aromatic N) is 1. The predicted molar refractivity (Wildman–Crippen MR) is 131 cm³/mol. The van der Waals surface area contributed by atoms with Crippen LogP contribution >= 0.6 is 0 Å². The van der Waals surface area contributed by atoms with Gasteiger partial charge in [-0.1, -0.05) is 30.3 Å². The van der Waals surface area contributed by atoms with Crippen molar-refractivity contribution in [3.05, 3.63) is 70.3 Å². The van der Waals surface area contributed by atoms with Gasteiger partial charge in [0.2, 0.25) is 17.7 Å². The van der Waals surface area contributed by atoms with Gasteiger partial charge in [-0.2, -0.15) is 0 Å². The third-order valence-electron chi connectivity index (χ3n) is 4.52. The molecule has 0 unspecified atom stereocenters. The molecular formula is C24H29N5O7. The van der Waals surface area contributed by atoms with E-state index in [1.54, 1.807) is 45.0 Å². The zero-order chi connectivity index (χ0) is 26.7. The second-order valence-electron chi connectivity index (χ2n) is 8.74. The first-order valence-corrected chi connectivity index (χ1v) is 11.0. The lowest BCUT2D eigenvalue weighted by Crippen LogP contribution is -2.49. The maximum absolute atomic E-state index is 12.9. The van der Waals surface area contributed by atoms with Crippen LogP contribution in [0.1, 0.15) is 26.3 Å². The van der Waals surface area contributed by atoms with E-state index in [0.717, 1.165) is 5.56 Å². The van der Waals surface area contributed by atoms with Crippen molar-refractivity contribution in [2.75, 3.05) is 18.4 Å². The number of nitro groups is 1. The highest BCUT2D eigenvalue weighted by molar-refractivity contribution is 5.98. The fraction of sp³-hybridized carbons (Fsp3) is 0.333. The second-order valence-corrected chi connectivity index (χ2v) is 8.74. The number of rotatable bonds is 10. The lowest BCUT2D eigenvalue weighted by molar-refractivity contribution is -0.384. The molecule has 0 aromatic heterocycles. The van der Waals surface area contributed by atoms with Crippen LogP contribution < -0.4 is 21.3 Å². The number of carbonyl (C=O) groups is 4. The van der Waals surface area contributed by atoms with E-state index in [1.807, 2.05) is 6.07 Å². The van der Waals surface area contributed by atoms with Crippen molar-refractivity contribution in [3.8, 4) is 0 Å². The number of nitrogens with one attached hydrogen (secondary N) is 4. The summed E-state index contributed by atoms with van der Waals surface area (Å²) in [4.78, 5) is 59.2. The molecule has 4 amide bonds. The number of alkyl carbamates (subject to hydrolysis) is 1. The highest BCUT2D eigenvalue weighted by Crippen LogP contribution is 2.16. The molecule has 0 fully saturated rings. The van der Waals surface area contributed by atoms with Crippen molar-refractivity contribution >= 4 is 35.2 Å². The maximum atomic E-state index is 12.9. The molecule has 2 aromatic rings. The van der Waals surface area contributed by atoms with Crippen molar-refractivity contribution in [2.24, 2.45) is 0 Å². The van der Waals surface area contributed by atoms with Gasteiger partial charge in [-0.3, -0.25) is 24.5 Å². The zero-order valence-corrected chi connectivity index (χ0v) is 20.2. The zero-order valence-electron chi connectivity index (χ0n) is 20.2. The molecule has 0 aliphatic rings. The number of hydrogen-bond donors (Lipinski definition) is 4. The van der Waals surface area contributed by atoms with E-state index in [0.29, 0.717) is 5.69 Å². The summed E-state index contributed by atoms with van der Waals surface area (Å²) in [6.07, 6.45) is -0.604. The van der Waals surface area contributed by atoms with Crippen molar-refractivity contribution < 1.29 is 28.8 Å². The van der Waals surface area contributed by atoms with Crippen LogP contribution in [0.5, 0.6) is 0 Å². The van der Waals surface area contributed by atoms with Gasteiger partial charge in [-0.15, -0.1) is 0 Å². The van der Waals surface area contributed by atoms with Crippen LogP contribution in [0.25, 0.3) is 0 Å². The van der Waals surface area contributed by atoms with Gasteiger partial charge in [0.25, 0.3) is 5.69 Å². The summed E-state index contributed by atoms with van der Waals surface area (Å²) in [6.45, 7) is 4.23. The van der Waals surface area contributed by atoms with Crippen LogP contribution in [0.15, 0.2) is 54.6 Å². The largest absolute Gasteiger partial charge is 0.444 e. The molecule has 1 atom stereocenters. The van der Waals surface area contributed by atoms with Crippen molar-refractivity contribution in [3.63, 3.8) is 0 Å². The number of ether oxygens (including phenoxy) is 1. The highest BCUT2D eigenvalue weighted by Gasteiger charge is 2.22. The number of carbonyl (C=O) groups excluding carboxylic acids is 4. The Morgan fingerprint density at radius 3 is 2.11 bits per heavy atom. The van der Waals surface area contributed by atoms with Gasteiger partial charge in [0.05, 0.1) is 11.5 Å². The molecule has 0 saturated heterocycles. The average molecular weight is 500 g/mol. The van der Waals surface area contributed by atoms with Gasteiger partial charge in [0.1, 0.15) is 18.2 Å². The number of benzene rings is 2. The lowest BCUT2D eigenvalue weighted by atomic mass is 10.0. The molecule has 0 heterocycles. The van der Waals surface area contributed by atoms with E-state index in [9.17, 15) is 29.3 Å². The summed E-state index contributed by atoms with van der Waals surface area (Å²) in [6, 6.07) is 13.3. The molecule has 0 saturated carbocycles. The Morgan fingerprint density at radius 1 is 0.917 bits per heavy atom. The molecule has 0 aliphatic heterocycles. The lowest BCUT2D eigenvalue weighted by Gasteiger charge is -2.20. The minimum atomic E-state index is -0.994. The number of non-ortho nitro benzene ring substituents is 1. The van der Waals surface area contributed by atoms with Gasteiger partial charge in [0.15, 0.2) is 0 Å². The molecule has 0 bridgehead atoms. The van der Waals surface area contributed by atoms with E-state index < -0.39 is 53.5 Å². The van der Waals surface area contributed by atoms with Gasteiger partial charge in [-0.05, 0) is 38.5 Å². The summed E-state index contributed by atoms with van der Waals surface area (Å²) in [5, 5.41) is 20.7. The highest BCUT2D eigenvalue weighted by atomic mass is 16.6. The Kier molecular flexibility index (Phi) is 9.90. The molecule has 12 heteroatoms. The van der Waals surface area contributed by atoms with Crippen LogP contribution in [0.2, 0.25) is 0 Å². The Balaban J connectivity index is 1.95. The molecule has 2 aromatic carbocycles. The fourth-order valence-corrected chi connectivity index (χ4v) is 2.91. The van der Waals surface area contributed by atoms with E-state index >= 15 is 0 Å². The Bertz CT molecular complexity index is 1080. The molecule has 36 heavy (non-hydrogen) atoms. The number of hydrogen-bond acceptors (Lipinski definition) is 7. The van der Waals surface area contributed by atoms with Crippen molar-refractivity contribution in [1.82, 2.24) is 16.0 Å². The number of anilines is 1. The Hall–Kier alpha value is -4.48. The summed E-state index contributed by atoms with van der Waals surface area (Å²) in [5.41, 5.74) is 0.259.